The van der Waals surface area contributed by atoms with E-state index in [0.717, 1.165) is 17.0 Å². The molecule has 2 aromatic rings. The number of fused-ring (bicyclic) bond motifs is 1. The molecule has 0 fully saturated rings. The van der Waals surface area contributed by atoms with E-state index in [1.54, 1.807) is 16.7 Å². The number of anilines is 1. The molecule has 0 bridgehead atoms. The molecule has 136 valence electrons. The highest BCUT2D eigenvalue weighted by Gasteiger charge is 2.22. The molecule has 5 heteroatoms. The van der Waals surface area contributed by atoms with Crippen LogP contribution in [-0.2, 0) is 4.79 Å². The summed E-state index contributed by atoms with van der Waals surface area (Å²) in [4.78, 5) is 14.7. The molecule has 1 unspecified atom stereocenters. The van der Waals surface area contributed by atoms with Crippen molar-refractivity contribution in [3.63, 3.8) is 0 Å². The van der Waals surface area contributed by atoms with Gasteiger partial charge < -0.3 is 14.4 Å². The fraction of sp³-hybridized carbons (Fsp3) is 0.286. The molecule has 0 saturated carbocycles. The molecule has 1 amide bonds. The van der Waals surface area contributed by atoms with Gasteiger partial charge in [0.15, 0.2) is 11.5 Å². The molecule has 26 heavy (non-hydrogen) atoms. The van der Waals surface area contributed by atoms with Crippen LogP contribution < -0.4 is 14.4 Å². The molecule has 0 radical (unpaired) electrons. The van der Waals surface area contributed by atoms with Crippen LogP contribution in [0.3, 0.4) is 0 Å². The molecule has 0 saturated heterocycles. The standard InChI is InChI=1S/C21H23NO3S/c1-16(26-2)21(23)22(12-6-9-17-7-4-3-5-8-17)18-10-11-19-20(15-18)25-14-13-24-19/h3-11,15-16H,12-14H2,1-2H3/b9-6+. The summed E-state index contributed by atoms with van der Waals surface area (Å²) in [5.74, 6) is 1.49. The van der Waals surface area contributed by atoms with Crippen molar-refractivity contribution in [1.82, 2.24) is 0 Å². The van der Waals surface area contributed by atoms with Crippen molar-refractivity contribution in [2.24, 2.45) is 0 Å². The molecule has 0 N–H and O–H groups in total. The van der Waals surface area contributed by atoms with Crippen molar-refractivity contribution < 1.29 is 14.3 Å². The van der Waals surface area contributed by atoms with Crippen LogP contribution in [0, 0.1) is 0 Å². The molecular formula is C21H23NO3S. The fourth-order valence-electron chi connectivity index (χ4n) is 2.70. The van der Waals surface area contributed by atoms with Crippen LogP contribution in [0.4, 0.5) is 5.69 Å². The highest BCUT2D eigenvalue weighted by molar-refractivity contribution is 7.99. The molecule has 1 aliphatic heterocycles. The Hall–Kier alpha value is -2.40. The van der Waals surface area contributed by atoms with Crippen LogP contribution in [0.15, 0.2) is 54.6 Å². The first-order valence-electron chi connectivity index (χ1n) is 8.64. The number of rotatable bonds is 6. The van der Waals surface area contributed by atoms with E-state index >= 15 is 0 Å². The number of amides is 1. The minimum atomic E-state index is -0.117. The lowest BCUT2D eigenvalue weighted by Gasteiger charge is -2.26. The molecule has 0 spiro atoms. The molecule has 4 nitrogen and oxygen atoms in total. The third kappa shape index (κ3) is 4.41. The topological polar surface area (TPSA) is 38.8 Å². The van der Waals surface area contributed by atoms with Gasteiger partial charge in [-0.25, -0.2) is 0 Å². The van der Waals surface area contributed by atoms with Crippen LogP contribution in [-0.4, -0.2) is 37.2 Å². The number of carbonyl (C=O) groups excluding carboxylic acids is 1. The van der Waals surface area contributed by atoms with Crippen LogP contribution in [0.1, 0.15) is 12.5 Å². The van der Waals surface area contributed by atoms with E-state index in [-0.39, 0.29) is 11.2 Å². The van der Waals surface area contributed by atoms with Gasteiger partial charge in [0.1, 0.15) is 13.2 Å². The van der Waals surface area contributed by atoms with Gasteiger partial charge in [-0.15, -0.1) is 0 Å². The fourth-order valence-corrected chi connectivity index (χ4v) is 3.03. The molecule has 3 rings (SSSR count). The Morgan fingerprint density at radius 2 is 1.88 bits per heavy atom. The molecule has 2 aromatic carbocycles. The highest BCUT2D eigenvalue weighted by atomic mass is 32.2. The highest BCUT2D eigenvalue weighted by Crippen LogP contribution is 2.34. The maximum absolute atomic E-state index is 12.9. The molecule has 1 atom stereocenters. The van der Waals surface area contributed by atoms with Crippen molar-refractivity contribution >= 4 is 29.4 Å². The average molecular weight is 369 g/mol. The van der Waals surface area contributed by atoms with Gasteiger partial charge in [-0.05, 0) is 30.9 Å². The van der Waals surface area contributed by atoms with Crippen molar-refractivity contribution in [1.29, 1.82) is 0 Å². The number of hydrogen-bond donors (Lipinski definition) is 0. The third-order valence-electron chi connectivity index (χ3n) is 4.20. The van der Waals surface area contributed by atoms with E-state index in [4.69, 9.17) is 9.47 Å². The van der Waals surface area contributed by atoms with E-state index < -0.39 is 0 Å². The van der Waals surface area contributed by atoms with Crippen molar-refractivity contribution in [2.75, 3.05) is 30.9 Å². The first kappa shape index (κ1) is 18.4. The van der Waals surface area contributed by atoms with Gasteiger partial charge in [-0.3, -0.25) is 4.79 Å². The van der Waals surface area contributed by atoms with E-state index in [2.05, 4.69) is 0 Å². The van der Waals surface area contributed by atoms with Crippen molar-refractivity contribution in [2.45, 2.75) is 12.2 Å². The second kappa shape index (κ2) is 8.81. The van der Waals surface area contributed by atoms with Gasteiger partial charge in [0.2, 0.25) is 5.91 Å². The minimum absolute atomic E-state index is 0.0758. The van der Waals surface area contributed by atoms with Gasteiger partial charge >= 0.3 is 0 Å². The van der Waals surface area contributed by atoms with Crippen LogP contribution in [0.25, 0.3) is 6.08 Å². The summed E-state index contributed by atoms with van der Waals surface area (Å²) in [5.41, 5.74) is 1.93. The van der Waals surface area contributed by atoms with E-state index in [0.29, 0.717) is 25.5 Å². The summed E-state index contributed by atoms with van der Waals surface area (Å²) in [6, 6.07) is 15.7. The summed E-state index contributed by atoms with van der Waals surface area (Å²) < 4.78 is 11.2. The van der Waals surface area contributed by atoms with Crippen LogP contribution in [0.5, 0.6) is 11.5 Å². The van der Waals surface area contributed by atoms with Gasteiger partial charge in [-0.1, -0.05) is 42.5 Å². The van der Waals surface area contributed by atoms with Gasteiger partial charge in [0.25, 0.3) is 0 Å². The molecule has 1 heterocycles. The van der Waals surface area contributed by atoms with Crippen LogP contribution in [0.2, 0.25) is 0 Å². The summed E-state index contributed by atoms with van der Waals surface area (Å²) in [6.07, 6.45) is 5.99. The monoisotopic (exact) mass is 369 g/mol. The number of nitrogens with zero attached hydrogens (tertiary/aromatic N) is 1. The van der Waals surface area contributed by atoms with Gasteiger partial charge in [-0.2, -0.15) is 11.8 Å². The summed E-state index contributed by atoms with van der Waals surface area (Å²) in [7, 11) is 0. The Morgan fingerprint density at radius 3 is 2.62 bits per heavy atom. The van der Waals surface area contributed by atoms with Gasteiger partial charge in [0.05, 0.1) is 5.25 Å². The van der Waals surface area contributed by atoms with Crippen LogP contribution >= 0.6 is 11.8 Å². The lowest BCUT2D eigenvalue weighted by molar-refractivity contribution is -0.117. The normalized spacial score (nSPS) is 14.2. The lowest BCUT2D eigenvalue weighted by Crippen LogP contribution is -2.36. The number of carbonyl (C=O) groups is 1. The average Bonchev–Trinajstić information content (AvgIpc) is 2.70. The Balaban J connectivity index is 1.83. The number of thioether (sulfide) groups is 1. The maximum Gasteiger partial charge on any atom is 0.240 e. The Labute approximate surface area is 158 Å². The number of ether oxygens (including phenoxy) is 2. The predicted molar refractivity (Wildman–Crippen MR) is 108 cm³/mol. The number of hydrogen-bond acceptors (Lipinski definition) is 4. The largest absolute Gasteiger partial charge is 0.486 e. The zero-order chi connectivity index (χ0) is 18.4. The Morgan fingerprint density at radius 1 is 1.15 bits per heavy atom. The van der Waals surface area contributed by atoms with Gasteiger partial charge in [0, 0.05) is 18.3 Å². The van der Waals surface area contributed by atoms with E-state index in [1.165, 1.54) is 0 Å². The zero-order valence-electron chi connectivity index (χ0n) is 15.1. The van der Waals surface area contributed by atoms with Crippen molar-refractivity contribution in [3.05, 3.63) is 60.2 Å². The number of benzene rings is 2. The lowest BCUT2D eigenvalue weighted by atomic mass is 10.2. The third-order valence-corrected chi connectivity index (χ3v) is 5.11. The summed E-state index contributed by atoms with van der Waals surface area (Å²) >= 11 is 1.54. The Bertz CT molecular complexity index is 776. The zero-order valence-corrected chi connectivity index (χ0v) is 15.9. The first-order chi connectivity index (χ1) is 12.7. The molecular weight excluding hydrogens is 346 g/mol. The van der Waals surface area contributed by atoms with E-state index in [9.17, 15) is 4.79 Å². The summed E-state index contributed by atoms with van der Waals surface area (Å²) in [5, 5.41) is -0.117. The molecule has 1 aliphatic rings. The quantitative estimate of drug-likeness (QED) is 0.763. The minimum Gasteiger partial charge on any atom is -0.486 e. The Kier molecular flexibility index (Phi) is 6.23. The predicted octanol–water partition coefficient (Wildman–Crippen LogP) is 4.26. The molecule has 0 aromatic heterocycles. The second-order valence-electron chi connectivity index (χ2n) is 5.97. The SMILES string of the molecule is CSC(C)C(=O)N(C/C=C/c1ccccc1)c1ccc2c(c1)OCCO2. The first-order valence-corrected chi connectivity index (χ1v) is 9.93. The molecule has 0 aliphatic carbocycles. The van der Waals surface area contributed by atoms with Crippen molar-refractivity contribution in [3.8, 4) is 11.5 Å². The smallest absolute Gasteiger partial charge is 0.240 e. The second-order valence-corrected chi connectivity index (χ2v) is 7.15. The maximum atomic E-state index is 12.9. The summed E-state index contributed by atoms with van der Waals surface area (Å²) in [6.45, 7) is 3.51. The van der Waals surface area contributed by atoms with E-state index in [1.807, 2.05) is 73.9 Å².